The molecule has 0 N–H and O–H groups in total. The van der Waals surface area contributed by atoms with Crippen LogP contribution in [0, 0.1) is 0 Å². The molecule has 0 aliphatic heterocycles. The normalized spacial score (nSPS) is 10.4. The van der Waals surface area contributed by atoms with E-state index in [-0.39, 0.29) is 0 Å². The van der Waals surface area contributed by atoms with Crippen molar-refractivity contribution < 1.29 is 4.79 Å². The van der Waals surface area contributed by atoms with Crippen molar-refractivity contribution in [2.45, 2.75) is 6.42 Å². The van der Waals surface area contributed by atoms with Crippen LogP contribution in [0.25, 0.3) is 0 Å². The third-order valence-electron chi connectivity index (χ3n) is 1.46. The Balaban J connectivity index is 2.63. The monoisotopic (exact) mass is 224 g/mol. The Hall–Kier alpha value is -0.890. The number of allylic oxidation sites excluding steroid dienone is 2. The number of carbonyl (C=O) groups excluding carboxylic acids is 1. The summed E-state index contributed by atoms with van der Waals surface area (Å²) in [7, 11) is 0. The highest BCUT2D eigenvalue weighted by Crippen LogP contribution is 2.11. The van der Waals surface area contributed by atoms with Gasteiger partial charge in [-0.15, -0.1) is 0 Å². The van der Waals surface area contributed by atoms with Crippen molar-refractivity contribution in [2.75, 3.05) is 0 Å². The molecule has 1 nitrogen and oxygen atoms in total. The molecule has 0 spiro atoms. The summed E-state index contributed by atoms with van der Waals surface area (Å²) in [4.78, 5) is 9.97. The van der Waals surface area contributed by atoms with E-state index in [1.54, 1.807) is 0 Å². The molecular formula is C10H9BrO. The molecule has 1 aromatic rings. The molecule has 0 unspecified atom stereocenters. The highest BCUT2D eigenvalue weighted by atomic mass is 79.9. The van der Waals surface area contributed by atoms with Crippen molar-refractivity contribution in [1.29, 1.82) is 0 Å². The van der Waals surface area contributed by atoms with E-state index in [0.29, 0.717) is 0 Å². The van der Waals surface area contributed by atoms with Crippen molar-refractivity contribution in [3.8, 4) is 0 Å². The molecule has 0 saturated heterocycles. The van der Waals surface area contributed by atoms with Gasteiger partial charge in [-0.3, -0.25) is 4.79 Å². The van der Waals surface area contributed by atoms with Crippen LogP contribution in [-0.2, 0) is 11.2 Å². The number of benzene rings is 1. The first-order chi connectivity index (χ1) is 5.83. The fraction of sp³-hybridized carbons (Fsp3) is 0.100. The van der Waals surface area contributed by atoms with Gasteiger partial charge in [-0.2, -0.15) is 0 Å². The first kappa shape index (κ1) is 9.20. The van der Waals surface area contributed by atoms with Crippen LogP contribution < -0.4 is 0 Å². The Labute approximate surface area is 80.2 Å². The molecule has 0 atom stereocenters. The Morgan fingerprint density at radius 2 is 2.25 bits per heavy atom. The van der Waals surface area contributed by atoms with Gasteiger partial charge in [0, 0.05) is 4.47 Å². The van der Waals surface area contributed by atoms with E-state index in [1.165, 1.54) is 11.6 Å². The molecule has 0 bridgehead atoms. The summed E-state index contributed by atoms with van der Waals surface area (Å²) >= 11 is 3.38. The molecule has 0 aliphatic carbocycles. The van der Waals surface area contributed by atoms with Gasteiger partial charge in [0.1, 0.15) is 6.29 Å². The lowest BCUT2D eigenvalue weighted by Crippen LogP contribution is -1.79. The maximum Gasteiger partial charge on any atom is 0.142 e. The second-order valence-electron chi connectivity index (χ2n) is 2.40. The molecule has 2 heteroatoms. The zero-order valence-electron chi connectivity index (χ0n) is 6.53. The Kier molecular flexibility index (Phi) is 3.74. The van der Waals surface area contributed by atoms with Crippen LogP contribution in [0.2, 0.25) is 0 Å². The zero-order valence-corrected chi connectivity index (χ0v) is 8.12. The van der Waals surface area contributed by atoms with Crippen molar-refractivity contribution >= 4 is 22.2 Å². The van der Waals surface area contributed by atoms with Crippen LogP contribution in [0.1, 0.15) is 5.56 Å². The SMILES string of the molecule is O=C/C=C/Cc1cccc(Br)c1. The maximum absolute atomic E-state index is 9.97. The van der Waals surface area contributed by atoms with E-state index >= 15 is 0 Å². The van der Waals surface area contributed by atoms with Crippen LogP contribution in [0.15, 0.2) is 40.9 Å². The number of hydrogen-bond donors (Lipinski definition) is 0. The van der Waals surface area contributed by atoms with Gasteiger partial charge in [-0.25, -0.2) is 0 Å². The summed E-state index contributed by atoms with van der Waals surface area (Å²) in [5.74, 6) is 0. The van der Waals surface area contributed by atoms with Gasteiger partial charge in [-0.1, -0.05) is 34.1 Å². The largest absolute Gasteiger partial charge is 0.299 e. The van der Waals surface area contributed by atoms with Gasteiger partial charge < -0.3 is 0 Å². The van der Waals surface area contributed by atoms with E-state index in [2.05, 4.69) is 15.9 Å². The van der Waals surface area contributed by atoms with Crippen LogP contribution >= 0.6 is 15.9 Å². The first-order valence-corrected chi connectivity index (χ1v) is 4.47. The number of hydrogen-bond acceptors (Lipinski definition) is 1. The lowest BCUT2D eigenvalue weighted by molar-refractivity contribution is -0.104. The Bertz CT molecular complexity index is 292. The summed E-state index contributed by atoms with van der Waals surface area (Å²) in [5, 5.41) is 0. The molecule has 62 valence electrons. The highest BCUT2D eigenvalue weighted by Gasteiger charge is 1.89. The van der Waals surface area contributed by atoms with Gasteiger partial charge in [0.05, 0.1) is 0 Å². The molecule has 0 saturated carbocycles. The summed E-state index contributed by atoms with van der Waals surface area (Å²) in [5.41, 5.74) is 1.20. The lowest BCUT2D eigenvalue weighted by atomic mass is 10.1. The molecule has 0 fully saturated rings. The molecule has 0 heterocycles. The quantitative estimate of drug-likeness (QED) is 0.571. The minimum absolute atomic E-state index is 0.790. The van der Waals surface area contributed by atoms with Crippen molar-refractivity contribution in [3.05, 3.63) is 46.5 Å². The molecule has 12 heavy (non-hydrogen) atoms. The average Bonchev–Trinajstić information content (AvgIpc) is 2.05. The molecule has 1 rings (SSSR count). The van der Waals surface area contributed by atoms with Gasteiger partial charge >= 0.3 is 0 Å². The molecular weight excluding hydrogens is 216 g/mol. The van der Waals surface area contributed by atoms with Gasteiger partial charge in [-0.05, 0) is 30.2 Å². The summed E-state index contributed by atoms with van der Waals surface area (Å²) in [6, 6.07) is 8.02. The number of aldehydes is 1. The topological polar surface area (TPSA) is 17.1 Å². The molecule has 0 amide bonds. The number of halogens is 1. The fourth-order valence-electron chi connectivity index (χ4n) is 0.924. The van der Waals surface area contributed by atoms with E-state index < -0.39 is 0 Å². The standard InChI is InChI=1S/C10H9BrO/c11-10-6-3-5-9(8-10)4-1-2-7-12/h1-3,5-8H,4H2/b2-1+. The van der Waals surface area contributed by atoms with E-state index in [1.807, 2.05) is 30.3 Å². The van der Waals surface area contributed by atoms with Crippen LogP contribution in [0.5, 0.6) is 0 Å². The predicted octanol–water partition coefficient (Wildman–Crippen LogP) is 2.75. The van der Waals surface area contributed by atoms with E-state index in [0.717, 1.165) is 17.2 Å². The summed E-state index contributed by atoms with van der Waals surface area (Å²) in [6.45, 7) is 0. The van der Waals surface area contributed by atoms with Crippen molar-refractivity contribution in [1.82, 2.24) is 0 Å². The average molecular weight is 225 g/mol. The summed E-state index contributed by atoms with van der Waals surface area (Å²) < 4.78 is 1.07. The number of rotatable bonds is 3. The van der Waals surface area contributed by atoms with Gasteiger partial charge in [0.2, 0.25) is 0 Å². The predicted molar refractivity (Wildman–Crippen MR) is 53.1 cm³/mol. The van der Waals surface area contributed by atoms with Gasteiger partial charge in [0.15, 0.2) is 0 Å². The van der Waals surface area contributed by atoms with Crippen molar-refractivity contribution in [3.63, 3.8) is 0 Å². The Morgan fingerprint density at radius 1 is 1.42 bits per heavy atom. The Morgan fingerprint density at radius 3 is 2.92 bits per heavy atom. The second kappa shape index (κ2) is 4.88. The van der Waals surface area contributed by atoms with E-state index in [4.69, 9.17) is 0 Å². The van der Waals surface area contributed by atoms with Crippen LogP contribution in [0.4, 0.5) is 0 Å². The minimum Gasteiger partial charge on any atom is -0.299 e. The van der Waals surface area contributed by atoms with E-state index in [9.17, 15) is 4.79 Å². The highest BCUT2D eigenvalue weighted by molar-refractivity contribution is 9.10. The maximum atomic E-state index is 9.97. The third kappa shape index (κ3) is 3.01. The minimum atomic E-state index is 0.790. The van der Waals surface area contributed by atoms with Crippen LogP contribution in [0.3, 0.4) is 0 Å². The van der Waals surface area contributed by atoms with Crippen LogP contribution in [-0.4, -0.2) is 6.29 Å². The fourth-order valence-corrected chi connectivity index (χ4v) is 1.37. The smallest absolute Gasteiger partial charge is 0.142 e. The molecule has 0 aromatic heterocycles. The van der Waals surface area contributed by atoms with Crippen molar-refractivity contribution in [2.24, 2.45) is 0 Å². The zero-order chi connectivity index (χ0) is 8.81. The molecule has 0 aliphatic rings. The second-order valence-corrected chi connectivity index (χ2v) is 3.31. The van der Waals surface area contributed by atoms with Gasteiger partial charge in [0.25, 0.3) is 0 Å². The first-order valence-electron chi connectivity index (χ1n) is 3.67. The number of carbonyl (C=O) groups is 1. The lowest BCUT2D eigenvalue weighted by Gasteiger charge is -1.95. The molecule has 1 aromatic carbocycles. The third-order valence-corrected chi connectivity index (χ3v) is 1.95. The summed E-state index contributed by atoms with van der Waals surface area (Å²) in [6.07, 6.45) is 4.95. The molecule has 0 radical (unpaired) electrons.